The summed E-state index contributed by atoms with van der Waals surface area (Å²) in [5.74, 6) is 0.556. The molecule has 1 atom stereocenters. The molecule has 0 bridgehead atoms. The van der Waals surface area contributed by atoms with Gasteiger partial charge in [0.1, 0.15) is 5.60 Å². The second kappa shape index (κ2) is 5.63. The third kappa shape index (κ3) is 3.45. The zero-order valence-electron chi connectivity index (χ0n) is 12.2. The van der Waals surface area contributed by atoms with Crippen molar-refractivity contribution in [3.05, 3.63) is 10.7 Å². The molecule has 7 heteroatoms. The summed E-state index contributed by atoms with van der Waals surface area (Å²) in [7, 11) is 1.58. The second-order valence-electron chi connectivity index (χ2n) is 5.84. The van der Waals surface area contributed by atoms with Crippen LogP contribution in [-0.4, -0.2) is 46.6 Å². The fourth-order valence-electron chi connectivity index (χ4n) is 2.13. The number of carbonyl (C=O) groups is 1. The Kier molecular flexibility index (Phi) is 4.27. The Hall–Kier alpha value is -1.24. The zero-order chi connectivity index (χ0) is 14.9. The summed E-state index contributed by atoms with van der Waals surface area (Å²) in [5.41, 5.74) is -0.465. The van der Waals surface area contributed by atoms with Crippen LogP contribution in [0.2, 0.25) is 0 Å². The van der Waals surface area contributed by atoms with Gasteiger partial charge >= 0.3 is 6.09 Å². The topological polar surface area (TPSA) is 56.6 Å². The number of rotatable bonds is 2. The molecule has 1 saturated heterocycles. The van der Waals surface area contributed by atoms with Crippen LogP contribution in [0.5, 0.6) is 5.88 Å². The highest BCUT2D eigenvalue weighted by Crippen LogP contribution is 2.28. The van der Waals surface area contributed by atoms with Gasteiger partial charge < -0.3 is 14.4 Å². The lowest BCUT2D eigenvalue weighted by atomic mass is 10.2. The van der Waals surface area contributed by atoms with E-state index in [1.54, 1.807) is 12.0 Å². The monoisotopic (exact) mass is 345 g/mol. The van der Waals surface area contributed by atoms with Gasteiger partial charge in [-0.05, 0) is 43.1 Å². The summed E-state index contributed by atoms with van der Waals surface area (Å²) < 4.78 is 13.2. The zero-order valence-corrected chi connectivity index (χ0v) is 13.8. The maximum atomic E-state index is 12.0. The van der Waals surface area contributed by atoms with Gasteiger partial charge in [0.2, 0.25) is 5.88 Å². The second-order valence-corrected chi connectivity index (χ2v) is 6.69. The number of nitrogens with zero attached hydrogens (tertiary/aromatic N) is 3. The Labute approximate surface area is 127 Å². The first-order chi connectivity index (χ1) is 9.30. The molecule has 0 radical (unpaired) electrons. The van der Waals surface area contributed by atoms with Crippen molar-refractivity contribution >= 4 is 22.0 Å². The van der Waals surface area contributed by atoms with E-state index < -0.39 is 5.60 Å². The Morgan fingerprint density at radius 3 is 2.75 bits per heavy atom. The molecule has 0 spiro atoms. The minimum Gasteiger partial charge on any atom is -0.479 e. The van der Waals surface area contributed by atoms with Gasteiger partial charge in [-0.1, -0.05) is 0 Å². The lowest BCUT2D eigenvalue weighted by Crippen LogP contribution is -2.35. The quantitative estimate of drug-likeness (QED) is 0.826. The molecular formula is C13H20BrN3O3. The molecule has 2 heterocycles. The fraction of sp³-hybridized carbons (Fsp3) is 0.692. The van der Waals surface area contributed by atoms with Crippen LogP contribution in [-0.2, 0) is 4.74 Å². The van der Waals surface area contributed by atoms with E-state index in [0.717, 1.165) is 10.9 Å². The van der Waals surface area contributed by atoms with Crippen molar-refractivity contribution in [3.8, 4) is 5.88 Å². The summed E-state index contributed by atoms with van der Waals surface area (Å²) in [6.07, 6.45) is 2.47. The van der Waals surface area contributed by atoms with E-state index >= 15 is 0 Å². The Morgan fingerprint density at radius 2 is 2.20 bits per heavy atom. The third-order valence-electron chi connectivity index (χ3n) is 3.04. The van der Waals surface area contributed by atoms with Crippen LogP contribution in [0.1, 0.15) is 33.2 Å². The minimum absolute atomic E-state index is 0.155. The SMILES string of the molecule is COc1nn([C@H]2CCN(C(=O)OC(C)(C)C)C2)cc1Br. The average molecular weight is 346 g/mol. The molecule has 1 aromatic rings. The van der Waals surface area contributed by atoms with Gasteiger partial charge in [-0.2, -0.15) is 0 Å². The Bertz CT molecular complexity index is 496. The van der Waals surface area contributed by atoms with Crippen molar-refractivity contribution < 1.29 is 14.3 Å². The first-order valence-corrected chi connectivity index (χ1v) is 7.36. The molecule has 1 aliphatic rings. The van der Waals surface area contributed by atoms with Gasteiger partial charge in [-0.25, -0.2) is 4.79 Å². The van der Waals surface area contributed by atoms with Crippen LogP contribution >= 0.6 is 15.9 Å². The molecule has 0 saturated carbocycles. The van der Waals surface area contributed by atoms with Crippen LogP contribution in [0.4, 0.5) is 4.79 Å². The number of ether oxygens (including phenoxy) is 2. The predicted molar refractivity (Wildman–Crippen MR) is 77.9 cm³/mol. The summed E-state index contributed by atoms with van der Waals surface area (Å²) in [4.78, 5) is 13.7. The third-order valence-corrected chi connectivity index (χ3v) is 3.58. The molecule has 1 fully saturated rings. The number of hydrogen-bond donors (Lipinski definition) is 0. The lowest BCUT2D eigenvalue weighted by molar-refractivity contribution is 0.0288. The van der Waals surface area contributed by atoms with Gasteiger partial charge in [0.05, 0.1) is 17.6 Å². The Morgan fingerprint density at radius 1 is 1.50 bits per heavy atom. The van der Waals surface area contributed by atoms with E-state index in [0.29, 0.717) is 19.0 Å². The molecule has 0 aliphatic carbocycles. The van der Waals surface area contributed by atoms with Crippen molar-refractivity contribution in [2.24, 2.45) is 0 Å². The largest absolute Gasteiger partial charge is 0.479 e. The molecule has 1 aliphatic heterocycles. The fourth-order valence-corrected chi connectivity index (χ4v) is 2.58. The highest BCUT2D eigenvalue weighted by molar-refractivity contribution is 9.10. The molecule has 20 heavy (non-hydrogen) atoms. The first-order valence-electron chi connectivity index (χ1n) is 6.56. The highest BCUT2D eigenvalue weighted by Gasteiger charge is 2.31. The summed E-state index contributed by atoms with van der Waals surface area (Å²) in [6, 6.07) is 0.155. The minimum atomic E-state index is -0.465. The molecule has 2 rings (SSSR count). The molecule has 0 N–H and O–H groups in total. The van der Waals surface area contributed by atoms with E-state index in [4.69, 9.17) is 9.47 Å². The smallest absolute Gasteiger partial charge is 0.410 e. The number of carbonyl (C=O) groups excluding carboxylic acids is 1. The van der Waals surface area contributed by atoms with Gasteiger partial charge in [-0.15, -0.1) is 5.10 Å². The van der Waals surface area contributed by atoms with Gasteiger partial charge in [-0.3, -0.25) is 4.68 Å². The van der Waals surface area contributed by atoms with E-state index in [1.165, 1.54) is 0 Å². The summed E-state index contributed by atoms with van der Waals surface area (Å²) in [6.45, 7) is 6.89. The van der Waals surface area contributed by atoms with Gasteiger partial charge in [0.15, 0.2) is 0 Å². The van der Waals surface area contributed by atoms with Crippen molar-refractivity contribution in [1.29, 1.82) is 0 Å². The van der Waals surface area contributed by atoms with Crippen molar-refractivity contribution in [1.82, 2.24) is 14.7 Å². The van der Waals surface area contributed by atoms with Gasteiger partial charge in [0.25, 0.3) is 0 Å². The van der Waals surface area contributed by atoms with Crippen LogP contribution in [0.15, 0.2) is 10.7 Å². The maximum Gasteiger partial charge on any atom is 0.410 e. The molecule has 0 aromatic carbocycles. The average Bonchev–Trinajstić information content (AvgIpc) is 2.92. The van der Waals surface area contributed by atoms with Crippen LogP contribution in [0.25, 0.3) is 0 Å². The molecule has 1 aromatic heterocycles. The van der Waals surface area contributed by atoms with Crippen molar-refractivity contribution in [2.75, 3.05) is 20.2 Å². The molecule has 112 valence electrons. The Balaban J connectivity index is 1.99. The number of aromatic nitrogens is 2. The van der Waals surface area contributed by atoms with Crippen molar-refractivity contribution in [3.63, 3.8) is 0 Å². The molecule has 0 unspecified atom stereocenters. The summed E-state index contributed by atoms with van der Waals surface area (Å²) in [5, 5.41) is 4.35. The number of amides is 1. The maximum absolute atomic E-state index is 12.0. The molecule has 6 nitrogen and oxygen atoms in total. The number of hydrogen-bond acceptors (Lipinski definition) is 4. The van der Waals surface area contributed by atoms with E-state index in [2.05, 4.69) is 21.0 Å². The lowest BCUT2D eigenvalue weighted by Gasteiger charge is -2.24. The first kappa shape index (κ1) is 15.2. The van der Waals surface area contributed by atoms with E-state index in [-0.39, 0.29) is 12.1 Å². The van der Waals surface area contributed by atoms with Crippen LogP contribution in [0.3, 0.4) is 0 Å². The van der Waals surface area contributed by atoms with E-state index in [1.807, 2.05) is 31.6 Å². The van der Waals surface area contributed by atoms with Crippen LogP contribution < -0.4 is 4.74 Å². The number of halogens is 1. The normalized spacial score (nSPS) is 19.2. The predicted octanol–water partition coefficient (Wildman–Crippen LogP) is 2.84. The van der Waals surface area contributed by atoms with E-state index in [9.17, 15) is 4.79 Å². The van der Waals surface area contributed by atoms with Gasteiger partial charge in [0, 0.05) is 19.3 Å². The molecular weight excluding hydrogens is 326 g/mol. The molecule has 1 amide bonds. The number of methoxy groups -OCH3 is 1. The van der Waals surface area contributed by atoms with Crippen LogP contribution in [0, 0.1) is 0 Å². The number of likely N-dealkylation sites (tertiary alicyclic amines) is 1. The van der Waals surface area contributed by atoms with Crippen molar-refractivity contribution in [2.45, 2.75) is 38.8 Å². The standard InChI is InChI=1S/C13H20BrN3O3/c1-13(2,3)20-12(18)16-6-5-9(7-16)17-8-10(14)11(15-17)19-4/h8-9H,5-7H2,1-4H3/t9-/m0/s1. The highest BCUT2D eigenvalue weighted by atomic mass is 79.9. The summed E-state index contributed by atoms with van der Waals surface area (Å²) >= 11 is 3.39.